The van der Waals surface area contributed by atoms with Crippen molar-refractivity contribution in [1.82, 2.24) is 5.32 Å². The van der Waals surface area contributed by atoms with Crippen LogP contribution in [0.3, 0.4) is 0 Å². The number of carboxylic acid groups (broad SMARTS) is 1. The number of carbonyl (C=O) groups is 1. The number of aliphatic carboxylic acids is 1. The summed E-state index contributed by atoms with van der Waals surface area (Å²) < 4.78 is 0. The van der Waals surface area contributed by atoms with Gasteiger partial charge in [0, 0.05) is 6.04 Å². The van der Waals surface area contributed by atoms with E-state index in [-0.39, 0.29) is 12.0 Å². The van der Waals surface area contributed by atoms with Crippen molar-refractivity contribution in [3.8, 4) is 0 Å². The summed E-state index contributed by atoms with van der Waals surface area (Å²) in [7, 11) is 1.82. The molecular formula is C14H21NO2. The maximum atomic E-state index is 11.2. The van der Waals surface area contributed by atoms with E-state index >= 15 is 0 Å². The summed E-state index contributed by atoms with van der Waals surface area (Å²) in [6, 6.07) is 6.02. The summed E-state index contributed by atoms with van der Waals surface area (Å²) >= 11 is 0. The third kappa shape index (κ3) is 3.07. The molecule has 0 aliphatic rings. The molecule has 1 aromatic carbocycles. The van der Waals surface area contributed by atoms with E-state index in [1.54, 1.807) is 0 Å². The molecule has 2 N–H and O–H groups in total. The number of benzene rings is 1. The number of nitrogens with one attached hydrogen (secondary N) is 1. The van der Waals surface area contributed by atoms with Gasteiger partial charge in [0.15, 0.2) is 0 Å². The van der Waals surface area contributed by atoms with Crippen LogP contribution in [0.25, 0.3) is 0 Å². The lowest BCUT2D eigenvalue weighted by atomic mass is 9.88. The van der Waals surface area contributed by atoms with Crippen LogP contribution in [0.15, 0.2) is 18.2 Å². The molecule has 3 nitrogen and oxygen atoms in total. The molecule has 94 valence electrons. The van der Waals surface area contributed by atoms with Gasteiger partial charge in [-0.2, -0.15) is 0 Å². The molecule has 0 aromatic heterocycles. The van der Waals surface area contributed by atoms with E-state index < -0.39 is 5.97 Å². The smallest absolute Gasteiger partial charge is 0.308 e. The lowest BCUT2D eigenvalue weighted by molar-refractivity contribution is -0.143. The molecule has 0 aliphatic heterocycles. The van der Waals surface area contributed by atoms with Crippen molar-refractivity contribution in [3.05, 3.63) is 34.9 Å². The van der Waals surface area contributed by atoms with Gasteiger partial charge in [-0.1, -0.05) is 30.7 Å². The van der Waals surface area contributed by atoms with Gasteiger partial charge in [-0.15, -0.1) is 0 Å². The van der Waals surface area contributed by atoms with Crippen molar-refractivity contribution < 1.29 is 9.90 Å². The summed E-state index contributed by atoms with van der Waals surface area (Å²) in [5.74, 6) is -1.13. The Morgan fingerprint density at radius 3 is 2.47 bits per heavy atom. The molecule has 0 amide bonds. The molecule has 1 rings (SSSR count). The Balaban J connectivity index is 3.12. The Hall–Kier alpha value is -1.35. The highest BCUT2D eigenvalue weighted by atomic mass is 16.4. The molecule has 17 heavy (non-hydrogen) atoms. The normalized spacial score (nSPS) is 14.4. The number of aryl methyl sites for hydroxylation is 2. The molecule has 3 heteroatoms. The number of hydrogen-bond acceptors (Lipinski definition) is 2. The van der Waals surface area contributed by atoms with Crippen molar-refractivity contribution in [2.45, 2.75) is 33.2 Å². The van der Waals surface area contributed by atoms with Crippen LogP contribution in [-0.2, 0) is 4.79 Å². The molecular weight excluding hydrogens is 214 g/mol. The minimum atomic E-state index is -0.744. The van der Waals surface area contributed by atoms with Gasteiger partial charge in [0.25, 0.3) is 0 Å². The maximum absolute atomic E-state index is 11.2. The van der Waals surface area contributed by atoms with Crippen molar-refractivity contribution in [1.29, 1.82) is 0 Å². The van der Waals surface area contributed by atoms with Crippen molar-refractivity contribution in [3.63, 3.8) is 0 Å². The van der Waals surface area contributed by atoms with Crippen LogP contribution in [0, 0.1) is 19.8 Å². The molecule has 0 aliphatic carbocycles. The van der Waals surface area contributed by atoms with Gasteiger partial charge in [0.1, 0.15) is 0 Å². The van der Waals surface area contributed by atoms with Crippen LogP contribution >= 0.6 is 0 Å². The highest BCUT2D eigenvalue weighted by Gasteiger charge is 2.27. The Morgan fingerprint density at radius 1 is 1.41 bits per heavy atom. The summed E-state index contributed by atoms with van der Waals surface area (Å²) in [4.78, 5) is 11.2. The van der Waals surface area contributed by atoms with E-state index in [2.05, 4.69) is 11.4 Å². The van der Waals surface area contributed by atoms with E-state index in [0.717, 1.165) is 11.1 Å². The van der Waals surface area contributed by atoms with Gasteiger partial charge in [0.05, 0.1) is 5.92 Å². The molecule has 0 saturated heterocycles. The SMILES string of the molecule is CCC(C(=O)O)C(NC)c1ccc(C)cc1C. The Labute approximate surface area is 103 Å². The van der Waals surface area contributed by atoms with E-state index in [1.165, 1.54) is 5.56 Å². The van der Waals surface area contributed by atoms with Crippen LogP contribution in [-0.4, -0.2) is 18.1 Å². The largest absolute Gasteiger partial charge is 0.481 e. The lowest BCUT2D eigenvalue weighted by Crippen LogP contribution is -2.31. The third-order valence-corrected chi connectivity index (χ3v) is 3.23. The first-order valence-electron chi connectivity index (χ1n) is 5.98. The van der Waals surface area contributed by atoms with Gasteiger partial charge < -0.3 is 10.4 Å². The maximum Gasteiger partial charge on any atom is 0.308 e. The Morgan fingerprint density at radius 2 is 2.06 bits per heavy atom. The third-order valence-electron chi connectivity index (χ3n) is 3.23. The minimum Gasteiger partial charge on any atom is -0.481 e. The first-order valence-corrected chi connectivity index (χ1v) is 5.98. The predicted molar refractivity (Wildman–Crippen MR) is 69.1 cm³/mol. The quantitative estimate of drug-likeness (QED) is 0.825. The van der Waals surface area contributed by atoms with Crippen LogP contribution in [0.2, 0.25) is 0 Å². The molecule has 1 aromatic rings. The minimum absolute atomic E-state index is 0.127. The molecule has 0 bridgehead atoms. The number of rotatable bonds is 5. The molecule has 2 unspecified atom stereocenters. The fraction of sp³-hybridized carbons (Fsp3) is 0.500. The average Bonchev–Trinajstić information content (AvgIpc) is 2.26. The van der Waals surface area contributed by atoms with Gasteiger partial charge in [-0.25, -0.2) is 0 Å². The fourth-order valence-electron chi connectivity index (χ4n) is 2.30. The fourth-order valence-corrected chi connectivity index (χ4v) is 2.30. The summed E-state index contributed by atoms with van der Waals surface area (Å²) in [6.45, 7) is 5.98. The molecule has 0 heterocycles. The average molecular weight is 235 g/mol. The van der Waals surface area contributed by atoms with Crippen molar-refractivity contribution >= 4 is 5.97 Å². The van der Waals surface area contributed by atoms with Gasteiger partial charge in [0.2, 0.25) is 0 Å². The van der Waals surface area contributed by atoms with Crippen molar-refractivity contribution in [2.24, 2.45) is 5.92 Å². The second kappa shape index (κ2) is 5.82. The predicted octanol–water partition coefficient (Wildman–Crippen LogP) is 2.67. The van der Waals surface area contributed by atoms with Crippen LogP contribution < -0.4 is 5.32 Å². The molecule has 2 atom stereocenters. The number of carboxylic acids is 1. The summed E-state index contributed by atoms with van der Waals surface area (Å²) in [6.07, 6.45) is 0.619. The van der Waals surface area contributed by atoms with Gasteiger partial charge >= 0.3 is 5.97 Å². The number of hydrogen-bond donors (Lipinski definition) is 2. The highest BCUT2D eigenvalue weighted by molar-refractivity contribution is 5.71. The first-order chi connectivity index (χ1) is 8.01. The standard InChI is InChI=1S/C14H21NO2/c1-5-11(14(16)17)13(15-4)12-7-6-9(2)8-10(12)3/h6-8,11,13,15H,5H2,1-4H3,(H,16,17). The molecule has 0 spiro atoms. The monoisotopic (exact) mass is 235 g/mol. The van der Waals surface area contributed by atoms with E-state index in [9.17, 15) is 9.90 Å². The Bertz CT molecular complexity index is 401. The molecule has 0 fully saturated rings. The van der Waals surface area contributed by atoms with Gasteiger partial charge in [-0.3, -0.25) is 4.79 Å². The summed E-state index contributed by atoms with van der Waals surface area (Å²) in [5.41, 5.74) is 3.42. The summed E-state index contributed by atoms with van der Waals surface area (Å²) in [5, 5.41) is 12.4. The van der Waals surface area contributed by atoms with E-state index in [0.29, 0.717) is 6.42 Å². The molecule has 0 saturated carbocycles. The van der Waals surface area contributed by atoms with E-state index in [4.69, 9.17) is 0 Å². The van der Waals surface area contributed by atoms with Crippen LogP contribution in [0.4, 0.5) is 0 Å². The van der Waals surface area contributed by atoms with Crippen molar-refractivity contribution in [2.75, 3.05) is 7.05 Å². The molecule has 0 radical (unpaired) electrons. The zero-order chi connectivity index (χ0) is 13.0. The topological polar surface area (TPSA) is 49.3 Å². The lowest BCUT2D eigenvalue weighted by Gasteiger charge is -2.24. The Kier molecular flexibility index (Phi) is 4.70. The van der Waals surface area contributed by atoms with E-state index in [1.807, 2.05) is 40.0 Å². The van der Waals surface area contributed by atoms with Crippen LogP contribution in [0.1, 0.15) is 36.1 Å². The zero-order valence-electron chi connectivity index (χ0n) is 10.9. The van der Waals surface area contributed by atoms with Crippen LogP contribution in [0.5, 0.6) is 0 Å². The highest BCUT2D eigenvalue weighted by Crippen LogP contribution is 2.27. The second-order valence-electron chi connectivity index (χ2n) is 4.48. The first kappa shape index (κ1) is 13.7. The van der Waals surface area contributed by atoms with Gasteiger partial charge in [-0.05, 0) is 38.4 Å². The second-order valence-corrected chi connectivity index (χ2v) is 4.48. The zero-order valence-corrected chi connectivity index (χ0v) is 10.9.